The summed E-state index contributed by atoms with van der Waals surface area (Å²) in [7, 11) is 1.85. The lowest BCUT2D eigenvalue weighted by Gasteiger charge is -2.27. The molecule has 1 aromatic carbocycles. The fourth-order valence-electron chi connectivity index (χ4n) is 3.61. The zero-order valence-electron chi connectivity index (χ0n) is 15.7. The summed E-state index contributed by atoms with van der Waals surface area (Å²) in [6.07, 6.45) is 3.34. The molecule has 1 fully saturated rings. The molecule has 4 rings (SSSR count). The van der Waals surface area contributed by atoms with Crippen molar-refractivity contribution < 1.29 is 4.79 Å². The van der Waals surface area contributed by atoms with Crippen molar-refractivity contribution in [1.82, 2.24) is 24.1 Å². The highest BCUT2D eigenvalue weighted by atomic mass is 16.2. The Bertz CT molecular complexity index is 1050. The first kappa shape index (κ1) is 17.5. The maximum absolute atomic E-state index is 13.0. The molecule has 27 heavy (non-hydrogen) atoms. The predicted molar refractivity (Wildman–Crippen MR) is 103 cm³/mol. The largest absolute Gasteiger partial charge is 0.342 e. The zero-order chi connectivity index (χ0) is 19.0. The molecule has 0 spiro atoms. The number of benzene rings is 1. The van der Waals surface area contributed by atoms with Gasteiger partial charge >= 0.3 is 0 Å². The summed E-state index contributed by atoms with van der Waals surface area (Å²) in [5.41, 5.74) is 1.83. The van der Waals surface area contributed by atoms with Crippen LogP contribution in [0.4, 0.5) is 0 Å². The normalized spacial score (nSPS) is 14.7. The SMILES string of the molecule is Cc1c(CC(=O)N2CCCCC2)c(=O)n2nc(-c3ccccc3)nc2n1C. The zero-order valence-corrected chi connectivity index (χ0v) is 15.7. The molecule has 0 bridgehead atoms. The molecule has 1 amide bonds. The van der Waals surface area contributed by atoms with Crippen LogP contribution in [-0.4, -0.2) is 43.1 Å². The average molecular weight is 365 g/mol. The average Bonchev–Trinajstić information content (AvgIpc) is 3.16. The van der Waals surface area contributed by atoms with Crippen molar-refractivity contribution in [3.8, 4) is 11.4 Å². The number of rotatable bonds is 3. The highest BCUT2D eigenvalue weighted by molar-refractivity contribution is 5.79. The minimum atomic E-state index is -0.263. The van der Waals surface area contributed by atoms with Gasteiger partial charge in [-0.2, -0.15) is 9.50 Å². The van der Waals surface area contributed by atoms with Gasteiger partial charge in [-0.3, -0.25) is 9.59 Å². The van der Waals surface area contributed by atoms with Gasteiger partial charge in [0.1, 0.15) is 0 Å². The topological polar surface area (TPSA) is 72.5 Å². The minimum absolute atomic E-state index is 0.0117. The molecule has 0 radical (unpaired) electrons. The quantitative estimate of drug-likeness (QED) is 0.711. The van der Waals surface area contributed by atoms with Gasteiger partial charge in [-0.25, -0.2) is 0 Å². The van der Waals surface area contributed by atoms with Gasteiger partial charge in [0.2, 0.25) is 11.7 Å². The van der Waals surface area contributed by atoms with Gasteiger partial charge in [-0.05, 0) is 26.2 Å². The lowest BCUT2D eigenvalue weighted by Crippen LogP contribution is -2.38. The van der Waals surface area contributed by atoms with E-state index < -0.39 is 0 Å². The Kier molecular flexibility index (Phi) is 4.51. The van der Waals surface area contributed by atoms with Crippen LogP contribution in [0.2, 0.25) is 0 Å². The highest BCUT2D eigenvalue weighted by Crippen LogP contribution is 2.17. The number of aromatic nitrogens is 4. The molecule has 0 aliphatic carbocycles. The Morgan fingerprint density at radius 1 is 1.11 bits per heavy atom. The molecule has 1 aliphatic heterocycles. The molecule has 0 unspecified atom stereocenters. The minimum Gasteiger partial charge on any atom is -0.342 e. The molecule has 7 nitrogen and oxygen atoms in total. The Labute approximate surface area is 157 Å². The van der Waals surface area contributed by atoms with Crippen molar-refractivity contribution in [2.45, 2.75) is 32.6 Å². The van der Waals surface area contributed by atoms with Crippen LogP contribution in [0.25, 0.3) is 17.2 Å². The number of carbonyl (C=O) groups excluding carboxylic acids is 1. The van der Waals surface area contributed by atoms with Crippen LogP contribution in [0.1, 0.15) is 30.5 Å². The summed E-state index contributed by atoms with van der Waals surface area (Å²) >= 11 is 0. The molecule has 1 saturated heterocycles. The van der Waals surface area contributed by atoms with E-state index >= 15 is 0 Å². The van der Waals surface area contributed by atoms with E-state index in [9.17, 15) is 9.59 Å². The summed E-state index contributed by atoms with van der Waals surface area (Å²) in [5, 5.41) is 4.41. The van der Waals surface area contributed by atoms with Gasteiger partial charge in [-0.15, -0.1) is 5.10 Å². The van der Waals surface area contributed by atoms with E-state index in [0.717, 1.165) is 43.6 Å². The Morgan fingerprint density at radius 3 is 2.52 bits per heavy atom. The number of amides is 1. The standard InChI is InChI=1S/C20H23N5O2/c1-14-16(13-17(26)24-11-7-4-8-12-24)19(27)25-20(23(14)2)21-18(22-25)15-9-5-3-6-10-15/h3,5-6,9-10H,4,7-8,11-13H2,1-2H3. The number of piperidine rings is 1. The van der Waals surface area contributed by atoms with E-state index in [1.165, 1.54) is 4.52 Å². The van der Waals surface area contributed by atoms with Crippen molar-refractivity contribution in [3.63, 3.8) is 0 Å². The van der Waals surface area contributed by atoms with Gasteiger partial charge < -0.3 is 9.47 Å². The molecule has 0 saturated carbocycles. The predicted octanol–water partition coefficient (Wildman–Crippen LogP) is 1.96. The van der Waals surface area contributed by atoms with E-state index in [1.807, 2.05) is 53.8 Å². The number of hydrogen-bond acceptors (Lipinski definition) is 4. The third-order valence-electron chi connectivity index (χ3n) is 5.35. The van der Waals surface area contributed by atoms with Crippen molar-refractivity contribution in [2.75, 3.05) is 13.1 Å². The Morgan fingerprint density at radius 2 is 1.81 bits per heavy atom. The number of likely N-dealkylation sites (tertiary alicyclic amines) is 1. The molecule has 0 N–H and O–H groups in total. The molecule has 3 aromatic rings. The molecule has 3 heterocycles. The van der Waals surface area contributed by atoms with Crippen molar-refractivity contribution in [1.29, 1.82) is 0 Å². The second-order valence-corrected chi connectivity index (χ2v) is 7.06. The number of aryl methyl sites for hydroxylation is 1. The van der Waals surface area contributed by atoms with Gasteiger partial charge in [-0.1, -0.05) is 30.3 Å². The van der Waals surface area contributed by atoms with E-state index in [-0.39, 0.29) is 17.9 Å². The molecule has 1 aliphatic rings. The molecular formula is C20H23N5O2. The summed E-state index contributed by atoms with van der Waals surface area (Å²) in [5.74, 6) is 0.991. The van der Waals surface area contributed by atoms with Crippen LogP contribution >= 0.6 is 0 Å². The lowest BCUT2D eigenvalue weighted by molar-refractivity contribution is -0.131. The third kappa shape index (κ3) is 3.13. The lowest BCUT2D eigenvalue weighted by atomic mass is 10.1. The second kappa shape index (κ2) is 6.98. The smallest absolute Gasteiger partial charge is 0.279 e. The van der Waals surface area contributed by atoms with Crippen LogP contribution < -0.4 is 5.56 Å². The highest BCUT2D eigenvalue weighted by Gasteiger charge is 2.22. The van der Waals surface area contributed by atoms with Crippen molar-refractivity contribution in [2.24, 2.45) is 7.05 Å². The van der Waals surface area contributed by atoms with E-state index in [2.05, 4.69) is 10.1 Å². The summed E-state index contributed by atoms with van der Waals surface area (Å²) in [6, 6.07) is 9.56. The maximum Gasteiger partial charge on any atom is 0.279 e. The monoisotopic (exact) mass is 365 g/mol. The van der Waals surface area contributed by atoms with Crippen molar-refractivity contribution >= 4 is 11.7 Å². The first-order valence-electron chi connectivity index (χ1n) is 9.34. The first-order valence-corrected chi connectivity index (χ1v) is 9.34. The fraction of sp³-hybridized carbons (Fsp3) is 0.400. The van der Waals surface area contributed by atoms with Crippen LogP contribution in [0.5, 0.6) is 0 Å². The first-order chi connectivity index (χ1) is 13.1. The number of hydrogen-bond donors (Lipinski definition) is 0. The molecule has 7 heteroatoms. The summed E-state index contributed by atoms with van der Waals surface area (Å²) in [6.45, 7) is 3.42. The van der Waals surface area contributed by atoms with Crippen molar-refractivity contribution in [3.05, 3.63) is 51.9 Å². The summed E-state index contributed by atoms with van der Waals surface area (Å²) < 4.78 is 3.15. The van der Waals surface area contributed by atoms with E-state index in [4.69, 9.17) is 0 Å². The molecule has 0 atom stereocenters. The molecule has 140 valence electrons. The van der Waals surface area contributed by atoms with Crippen LogP contribution in [0.3, 0.4) is 0 Å². The number of fused-ring (bicyclic) bond motifs is 1. The van der Waals surface area contributed by atoms with Gasteiger partial charge in [0.15, 0.2) is 5.82 Å². The van der Waals surface area contributed by atoms with Crippen LogP contribution in [-0.2, 0) is 18.3 Å². The number of carbonyl (C=O) groups is 1. The van der Waals surface area contributed by atoms with Gasteiger partial charge in [0, 0.05) is 37.0 Å². The summed E-state index contributed by atoms with van der Waals surface area (Å²) in [4.78, 5) is 32.1. The maximum atomic E-state index is 13.0. The van der Waals surface area contributed by atoms with E-state index in [1.54, 1.807) is 0 Å². The Hall–Kier alpha value is -2.96. The third-order valence-corrected chi connectivity index (χ3v) is 5.35. The number of nitrogens with zero attached hydrogens (tertiary/aromatic N) is 5. The molecule has 2 aromatic heterocycles. The Balaban J connectivity index is 1.75. The van der Waals surface area contributed by atoms with Gasteiger partial charge in [0.25, 0.3) is 5.56 Å². The fourth-order valence-corrected chi connectivity index (χ4v) is 3.61. The van der Waals surface area contributed by atoms with E-state index in [0.29, 0.717) is 17.2 Å². The second-order valence-electron chi connectivity index (χ2n) is 7.06. The van der Waals surface area contributed by atoms with Gasteiger partial charge in [0.05, 0.1) is 6.42 Å². The molecular weight excluding hydrogens is 342 g/mol. The van der Waals surface area contributed by atoms with Crippen LogP contribution in [0.15, 0.2) is 35.1 Å². The van der Waals surface area contributed by atoms with Crippen LogP contribution in [0, 0.1) is 6.92 Å².